The maximum absolute atomic E-state index is 15.8. The van der Waals surface area contributed by atoms with Gasteiger partial charge >= 0.3 is 0 Å². The maximum Gasteiger partial charge on any atom is 0.200 e. The SMILES string of the molecule is O/C=C1\C2=NC(=C(c3c(F)c(F)c(F)c(F)c3F)C3=NC(=C(c4c(F)c(F)c(F)c(F)c4F)C4=NC(=C(c5c(F)c(F)c(F)c(F)c5F)C5=NC2=C/C5=C\O)C=C4)CC3)\C1=C\O. The van der Waals surface area contributed by atoms with Gasteiger partial charge in [0.15, 0.2) is 69.8 Å². The van der Waals surface area contributed by atoms with Crippen LogP contribution in [-0.2, 0) is 0 Å². The van der Waals surface area contributed by atoms with Crippen LogP contribution in [0.15, 0.2) is 96.5 Å². The first kappa shape index (κ1) is 41.3. The molecule has 5 heterocycles. The maximum atomic E-state index is 15.8. The van der Waals surface area contributed by atoms with E-state index in [1.165, 1.54) is 0 Å². The zero-order chi connectivity index (χ0) is 45.0. The van der Waals surface area contributed by atoms with Crippen LogP contribution in [0.25, 0.3) is 16.7 Å². The summed E-state index contributed by atoms with van der Waals surface area (Å²) in [5.74, 6) is -38.6. The van der Waals surface area contributed by atoms with Crippen LogP contribution >= 0.6 is 0 Å². The second-order valence-electron chi connectivity index (χ2n) is 13.1. The molecule has 0 spiro atoms. The van der Waals surface area contributed by atoms with Crippen LogP contribution in [0.3, 0.4) is 0 Å². The molecule has 5 aliphatic rings. The molecule has 22 heteroatoms. The Morgan fingerprint density at radius 1 is 0.419 bits per heavy atom. The Kier molecular flexibility index (Phi) is 9.78. The highest BCUT2D eigenvalue weighted by atomic mass is 19.2. The third-order valence-corrected chi connectivity index (χ3v) is 9.91. The molecule has 5 aliphatic heterocycles. The Labute approximate surface area is 333 Å². The molecule has 7 nitrogen and oxygen atoms in total. The van der Waals surface area contributed by atoms with E-state index < -0.39 is 196 Å². The minimum absolute atomic E-state index is 0.0968. The van der Waals surface area contributed by atoms with Crippen molar-refractivity contribution in [2.45, 2.75) is 12.8 Å². The number of rotatable bonds is 3. The molecule has 0 unspecified atom stereocenters. The summed E-state index contributed by atoms with van der Waals surface area (Å²) < 4.78 is 227. The Balaban J connectivity index is 1.61. The minimum atomic E-state index is -2.67. The van der Waals surface area contributed by atoms with Crippen molar-refractivity contribution in [3.05, 3.63) is 180 Å². The molecule has 0 aliphatic carbocycles. The lowest BCUT2D eigenvalue weighted by molar-refractivity contribution is 0.376. The van der Waals surface area contributed by atoms with E-state index in [1.807, 2.05) is 0 Å². The number of allylic oxidation sites excluding steroid dienone is 10. The summed E-state index contributed by atoms with van der Waals surface area (Å²) in [7, 11) is 0. The number of aliphatic hydroxyl groups excluding tert-OH is 3. The van der Waals surface area contributed by atoms with Crippen LogP contribution in [-0.4, -0.2) is 38.2 Å². The van der Waals surface area contributed by atoms with Crippen LogP contribution in [0.1, 0.15) is 29.5 Å². The van der Waals surface area contributed by atoms with E-state index in [0.29, 0.717) is 12.2 Å². The monoisotopic (exact) mass is 882 g/mol. The number of hydrogen-bond acceptors (Lipinski definition) is 7. The van der Waals surface area contributed by atoms with Crippen molar-refractivity contribution < 1.29 is 81.2 Å². The Hall–Kier alpha value is -7.39. The first-order chi connectivity index (χ1) is 29.4. The molecule has 8 rings (SSSR count). The molecule has 0 radical (unpaired) electrons. The second kappa shape index (κ2) is 14.7. The summed E-state index contributed by atoms with van der Waals surface area (Å²) in [5.41, 5.74) is -18.2. The molecule has 3 aromatic rings. The van der Waals surface area contributed by atoms with Gasteiger partial charge in [-0.15, -0.1) is 0 Å². The van der Waals surface area contributed by atoms with Crippen molar-refractivity contribution in [2.75, 3.05) is 0 Å². The van der Waals surface area contributed by atoms with Crippen molar-refractivity contribution >= 4 is 39.6 Å². The van der Waals surface area contributed by atoms with Gasteiger partial charge in [0.1, 0.15) is 5.71 Å². The van der Waals surface area contributed by atoms with Gasteiger partial charge in [0.2, 0.25) is 17.5 Å². The van der Waals surface area contributed by atoms with E-state index in [1.54, 1.807) is 0 Å². The smallest absolute Gasteiger partial charge is 0.200 e. The third kappa shape index (κ3) is 5.71. The third-order valence-electron chi connectivity index (χ3n) is 9.91. The molecule has 0 saturated carbocycles. The van der Waals surface area contributed by atoms with Crippen molar-refractivity contribution in [3.63, 3.8) is 0 Å². The van der Waals surface area contributed by atoms with Gasteiger partial charge in [0.05, 0.1) is 75.4 Å². The fraction of sp³-hybridized carbons (Fsp3) is 0.0500. The van der Waals surface area contributed by atoms with Gasteiger partial charge in [-0.2, -0.15) is 0 Å². The number of benzene rings is 3. The predicted octanol–water partition coefficient (Wildman–Crippen LogP) is 10.7. The van der Waals surface area contributed by atoms with Gasteiger partial charge in [-0.3, -0.25) is 4.99 Å². The Morgan fingerprint density at radius 3 is 1.34 bits per heavy atom. The molecule has 0 fully saturated rings. The minimum Gasteiger partial charge on any atom is -0.515 e. The molecule has 0 amide bonds. The highest BCUT2D eigenvalue weighted by molar-refractivity contribution is 6.40. The molecule has 316 valence electrons. The lowest BCUT2D eigenvalue weighted by atomic mass is 9.91. The molecular formula is C40H13F15N4O3. The zero-order valence-electron chi connectivity index (χ0n) is 29.7. The molecule has 3 N–H and O–H groups in total. The molecular weight excluding hydrogens is 869 g/mol. The Bertz CT molecular complexity index is 3000. The second-order valence-corrected chi connectivity index (χ2v) is 13.1. The van der Waals surface area contributed by atoms with Gasteiger partial charge in [0.25, 0.3) is 0 Å². The lowest BCUT2D eigenvalue weighted by Gasteiger charge is -2.16. The van der Waals surface area contributed by atoms with Crippen molar-refractivity contribution in [2.24, 2.45) is 20.0 Å². The number of hydrogen-bond donors (Lipinski definition) is 3. The largest absolute Gasteiger partial charge is 0.515 e. The van der Waals surface area contributed by atoms with E-state index in [2.05, 4.69) is 20.0 Å². The van der Waals surface area contributed by atoms with Crippen molar-refractivity contribution in [1.82, 2.24) is 0 Å². The van der Waals surface area contributed by atoms with Crippen LogP contribution in [0.4, 0.5) is 65.9 Å². The topological polar surface area (TPSA) is 110 Å². The van der Waals surface area contributed by atoms with Crippen molar-refractivity contribution in [1.29, 1.82) is 0 Å². The average molecular weight is 883 g/mol. The summed E-state index contributed by atoms with van der Waals surface area (Å²) in [6.45, 7) is 0. The van der Waals surface area contributed by atoms with E-state index in [-0.39, 0.29) is 18.8 Å². The van der Waals surface area contributed by atoms with E-state index >= 15 is 26.3 Å². The van der Waals surface area contributed by atoms with E-state index in [9.17, 15) is 54.8 Å². The first-order valence-corrected chi connectivity index (χ1v) is 17.0. The Morgan fingerprint density at radius 2 is 0.871 bits per heavy atom. The number of aliphatic hydroxyl groups is 3. The van der Waals surface area contributed by atoms with Gasteiger partial charge in [-0.1, -0.05) is 0 Å². The number of aliphatic imine (C=N–C) groups is 4. The van der Waals surface area contributed by atoms with Gasteiger partial charge in [-0.05, 0) is 31.1 Å². The molecule has 3 aromatic carbocycles. The highest BCUT2D eigenvalue weighted by Crippen LogP contribution is 2.46. The summed E-state index contributed by atoms with van der Waals surface area (Å²) >= 11 is 0. The van der Waals surface area contributed by atoms with Crippen LogP contribution < -0.4 is 0 Å². The molecule has 0 saturated heterocycles. The molecule has 0 atom stereocenters. The fourth-order valence-electron chi connectivity index (χ4n) is 7.16. The van der Waals surface area contributed by atoms with Gasteiger partial charge < -0.3 is 15.3 Å². The summed E-state index contributed by atoms with van der Waals surface area (Å²) in [6, 6.07) is 0. The summed E-state index contributed by atoms with van der Waals surface area (Å²) in [6.07, 6.45) is 0.995. The number of fused-ring (bicyclic) bond motifs is 5. The summed E-state index contributed by atoms with van der Waals surface area (Å²) in [4.78, 5) is 16.2. The first-order valence-electron chi connectivity index (χ1n) is 17.0. The van der Waals surface area contributed by atoms with Gasteiger partial charge in [0, 0.05) is 33.4 Å². The molecule has 8 bridgehead atoms. The summed E-state index contributed by atoms with van der Waals surface area (Å²) in [5, 5.41) is 31.1. The number of halogens is 15. The number of nitrogens with zero attached hydrogens (tertiary/aromatic N) is 4. The molecule has 62 heavy (non-hydrogen) atoms. The molecule has 0 aromatic heterocycles. The van der Waals surface area contributed by atoms with E-state index in [4.69, 9.17) is 0 Å². The van der Waals surface area contributed by atoms with Crippen LogP contribution in [0.2, 0.25) is 0 Å². The quantitative estimate of drug-likeness (QED) is 0.105. The standard InChI is InChI=1S/C40H13F15N4O3/c41-23-20(24(42)30(48)35(53)29(23)47)17-12-1-3-14(56-12)18(21-25(43)31(49)36(54)32(50)26(21)44)38-9(6-60)5-16(58-38)39-10(7-61)11(8-62)40(59-39)19(15-4-2-13(17)57-15)22-27(45)33(51)37(55)34(52)28(22)46/h1,3,5-8,60-62H,2,4H2/b9-6+,10-7-,11-8+,17-13?,18-14?,40-19?. The van der Waals surface area contributed by atoms with E-state index in [0.717, 1.165) is 6.08 Å². The van der Waals surface area contributed by atoms with Crippen molar-refractivity contribution in [3.8, 4) is 0 Å². The van der Waals surface area contributed by atoms with Crippen LogP contribution in [0.5, 0.6) is 0 Å². The van der Waals surface area contributed by atoms with Crippen LogP contribution in [0, 0.1) is 87.3 Å². The fourth-order valence-corrected chi connectivity index (χ4v) is 7.16. The zero-order valence-corrected chi connectivity index (χ0v) is 29.7. The van der Waals surface area contributed by atoms with Gasteiger partial charge in [-0.25, -0.2) is 80.8 Å². The average Bonchev–Trinajstić information content (AvgIpc) is 4.09. The predicted molar refractivity (Wildman–Crippen MR) is 188 cm³/mol. The highest BCUT2D eigenvalue weighted by Gasteiger charge is 2.41. The lowest BCUT2D eigenvalue weighted by Crippen LogP contribution is -2.13. The normalized spacial score (nSPS) is 19.3.